The van der Waals surface area contributed by atoms with Gasteiger partial charge in [0.1, 0.15) is 0 Å². The van der Waals surface area contributed by atoms with Gasteiger partial charge < -0.3 is 9.63 Å². The minimum Gasteiger partial charge on any atom is -0.393 e. The number of hydrogen-bond acceptors (Lipinski definition) is 4. The molecule has 1 aliphatic carbocycles. The van der Waals surface area contributed by atoms with E-state index in [0.29, 0.717) is 18.2 Å². The van der Waals surface area contributed by atoms with Crippen LogP contribution in [0.2, 0.25) is 0 Å². The molecule has 2 rings (SSSR count). The molecule has 1 N–H and O–H groups in total. The number of aromatic nitrogens is 2. The van der Waals surface area contributed by atoms with E-state index < -0.39 is 0 Å². The maximum atomic E-state index is 9.40. The molecule has 0 radical (unpaired) electrons. The Labute approximate surface area is 83.3 Å². The van der Waals surface area contributed by atoms with Crippen LogP contribution in [0.4, 0.5) is 0 Å². The van der Waals surface area contributed by atoms with Crippen LogP contribution < -0.4 is 0 Å². The Balaban J connectivity index is 1.95. The first-order valence-corrected chi connectivity index (χ1v) is 5.30. The quantitative estimate of drug-likeness (QED) is 0.795. The zero-order valence-corrected chi connectivity index (χ0v) is 8.44. The van der Waals surface area contributed by atoms with Crippen LogP contribution in [-0.2, 0) is 6.42 Å². The Hall–Kier alpha value is -0.900. The van der Waals surface area contributed by atoms with Crippen molar-refractivity contribution >= 4 is 0 Å². The van der Waals surface area contributed by atoms with Crippen molar-refractivity contribution in [3.63, 3.8) is 0 Å². The predicted molar refractivity (Wildman–Crippen MR) is 50.9 cm³/mol. The summed E-state index contributed by atoms with van der Waals surface area (Å²) >= 11 is 0. The molecule has 1 unspecified atom stereocenters. The molecule has 1 atom stereocenters. The second-order valence-electron chi connectivity index (χ2n) is 3.94. The van der Waals surface area contributed by atoms with Gasteiger partial charge in [0, 0.05) is 5.92 Å². The standard InChI is InChI=1S/C10H16N2O2/c1-2-8(13)6-9-11-10(12-14-9)7-4-3-5-7/h7-8,13H,2-6H2,1H3. The van der Waals surface area contributed by atoms with Crippen LogP contribution in [0.5, 0.6) is 0 Å². The normalized spacial score (nSPS) is 19.3. The van der Waals surface area contributed by atoms with E-state index in [-0.39, 0.29) is 6.10 Å². The van der Waals surface area contributed by atoms with Gasteiger partial charge in [0.05, 0.1) is 12.5 Å². The van der Waals surface area contributed by atoms with E-state index in [9.17, 15) is 5.11 Å². The SMILES string of the molecule is CCC(O)Cc1nc(C2CCC2)no1. The zero-order chi connectivity index (χ0) is 9.97. The molecule has 1 aromatic heterocycles. The van der Waals surface area contributed by atoms with E-state index in [1.54, 1.807) is 0 Å². The summed E-state index contributed by atoms with van der Waals surface area (Å²) < 4.78 is 5.07. The lowest BCUT2D eigenvalue weighted by molar-refractivity contribution is 0.158. The first-order valence-electron chi connectivity index (χ1n) is 5.30. The smallest absolute Gasteiger partial charge is 0.229 e. The summed E-state index contributed by atoms with van der Waals surface area (Å²) in [4.78, 5) is 4.28. The molecule has 0 spiro atoms. The first-order chi connectivity index (χ1) is 6.79. The van der Waals surface area contributed by atoms with Crippen molar-refractivity contribution in [1.82, 2.24) is 10.1 Å². The summed E-state index contributed by atoms with van der Waals surface area (Å²) in [6.07, 6.45) is 4.47. The fraction of sp³-hybridized carbons (Fsp3) is 0.800. The number of rotatable bonds is 4. The number of nitrogens with zero attached hydrogens (tertiary/aromatic N) is 2. The molecule has 0 aromatic carbocycles. The van der Waals surface area contributed by atoms with E-state index >= 15 is 0 Å². The number of aliphatic hydroxyl groups excluding tert-OH is 1. The highest BCUT2D eigenvalue weighted by atomic mass is 16.5. The fourth-order valence-electron chi connectivity index (χ4n) is 1.53. The first kappa shape index (κ1) is 9.65. The van der Waals surface area contributed by atoms with Crippen molar-refractivity contribution in [3.05, 3.63) is 11.7 Å². The molecule has 4 nitrogen and oxygen atoms in total. The topological polar surface area (TPSA) is 59.2 Å². The number of aliphatic hydroxyl groups is 1. The Bertz CT molecular complexity index is 294. The van der Waals surface area contributed by atoms with Crippen molar-refractivity contribution in [2.45, 2.75) is 51.0 Å². The summed E-state index contributed by atoms with van der Waals surface area (Å²) in [5.74, 6) is 1.90. The van der Waals surface area contributed by atoms with Crippen molar-refractivity contribution < 1.29 is 9.63 Å². The van der Waals surface area contributed by atoms with Gasteiger partial charge in [0.15, 0.2) is 5.82 Å². The minimum absolute atomic E-state index is 0.357. The van der Waals surface area contributed by atoms with Crippen molar-refractivity contribution in [2.75, 3.05) is 0 Å². The molecule has 1 heterocycles. The second kappa shape index (κ2) is 4.09. The van der Waals surface area contributed by atoms with Crippen LogP contribution in [0.3, 0.4) is 0 Å². The average molecular weight is 196 g/mol. The summed E-state index contributed by atoms with van der Waals surface area (Å²) in [5, 5.41) is 13.3. The van der Waals surface area contributed by atoms with E-state index in [0.717, 1.165) is 12.2 Å². The van der Waals surface area contributed by atoms with Crippen LogP contribution in [0, 0.1) is 0 Å². The van der Waals surface area contributed by atoms with E-state index in [2.05, 4.69) is 10.1 Å². The van der Waals surface area contributed by atoms with Gasteiger partial charge in [0.2, 0.25) is 5.89 Å². The van der Waals surface area contributed by atoms with E-state index in [1.807, 2.05) is 6.92 Å². The Morgan fingerprint density at radius 3 is 2.93 bits per heavy atom. The molecular formula is C10H16N2O2. The van der Waals surface area contributed by atoms with Gasteiger partial charge in [-0.3, -0.25) is 0 Å². The van der Waals surface area contributed by atoms with Gasteiger partial charge >= 0.3 is 0 Å². The van der Waals surface area contributed by atoms with Gasteiger partial charge in [0.25, 0.3) is 0 Å². The zero-order valence-electron chi connectivity index (χ0n) is 8.44. The fourth-order valence-corrected chi connectivity index (χ4v) is 1.53. The number of hydrogen-bond donors (Lipinski definition) is 1. The van der Waals surface area contributed by atoms with Crippen LogP contribution >= 0.6 is 0 Å². The molecule has 0 aliphatic heterocycles. The maximum Gasteiger partial charge on any atom is 0.229 e. The van der Waals surface area contributed by atoms with Gasteiger partial charge in [-0.05, 0) is 19.3 Å². The van der Waals surface area contributed by atoms with Gasteiger partial charge in [-0.1, -0.05) is 18.5 Å². The van der Waals surface area contributed by atoms with Crippen molar-refractivity contribution in [3.8, 4) is 0 Å². The third-order valence-electron chi connectivity index (χ3n) is 2.84. The Morgan fingerprint density at radius 1 is 1.57 bits per heavy atom. The minimum atomic E-state index is -0.357. The molecule has 4 heteroatoms. The molecule has 1 fully saturated rings. The predicted octanol–water partition coefficient (Wildman–Crippen LogP) is 1.65. The average Bonchev–Trinajstić information content (AvgIpc) is 2.50. The lowest BCUT2D eigenvalue weighted by atomic mass is 9.85. The van der Waals surface area contributed by atoms with Gasteiger partial charge in [-0.15, -0.1) is 0 Å². The Kier molecular flexibility index (Phi) is 2.82. The molecule has 1 aromatic rings. The molecule has 1 aliphatic rings. The molecule has 14 heavy (non-hydrogen) atoms. The molecule has 0 saturated heterocycles. The second-order valence-corrected chi connectivity index (χ2v) is 3.94. The van der Waals surface area contributed by atoms with Crippen LogP contribution in [0.25, 0.3) is 0 Å². The third-order valence-corrected chi connectivity index (χ3v) is 2.84. The molecule has 78 valence electrons. The highest BCUT2D eigenvalue weighted by molar-refractivity contribution is 5.00. The van der Waals surface area contributed by atoms with Crippen molar-refractivity contribution in [1.29, 1.82) is 0 Å². The monoisotopic (exact) mass is 196 g/mol. The van der Waals surface area contributed by atoms with Crippen LogP contribution in [0.15, 0.2) is 4.52 Å². The maximum absolute atomic E-state index is 9.40. The van der Waals surface area contributed by atoms with Gasteiger partial charge in [-0.25, -0.2) is 0 Å². The molecular weight excluding hydrogens is 180 g/mol. The third kappa shape index (κ3) is 1.95. The van der Waals surface area contributed by atoms with E-state index in [1.165, 1.54) is 19.3 Å². The summed E-state index contributed by atoms with van der Waals surface area (Å²) in [6.45, 7) is 1.94. The summed E-state index contributed by atoms with van der Waals surface area (Å²) in [6, 6.07) is 0. The largest absolute Gasteiger partial charge is 0.393 e. The van der Waals surface area contributed by atoms with Crippen LogP contribution in [-0.4, -0.2) is 21.4 Å². The highest BCUT2D eigenvalue weighted by Crippen LogP contribution is 2.34. The van der Waals surface area contributed by atoms with Crippen molar-refractivity contribution in [2.24, 2.45) is 0 Å². The van der Waals surface area contributed by atoms with Gasteiger partial charge in [-0.2, -0.15) is 4.98 Å². The lowest BCUT2D eigenvalue weighted by Crippen LogP contribution is -2.11. The Morgan fingerprint density at radius 2 is 2.36 bits per heavy atom. The molecule has 0 bridgehead atoms. The van der Waals surface area contributed by atoms with Crippen LogP contribution in [0.1, 0.15) is 50.2 Å². The molecule has 1 saturated carbocycles. The summed E-state index contributed by atoms with van der Waals surface area (Å²) in [7, 11) is 0. The van der Waals surface area contributed by atoms with E-state index in [4.69, 9.17) is 4.52 Å². The lowest BCUT2D eigenvalue weighted by Gasteiger charge is -2.20. The molecule has 0 amide bonds. The highest BCUT2D eigenvalue weighted by Gasteiger charge is 2.24. The summed E-state index contributed by atoms with van der Waals surface area (Å²) in [5.41, 5.74) is 0.